The molecule has 0 spiro atoms. The fraction of sp³-hybridized carbons (Fsp3) is 0.359. The normalized spacial score (nSPS) is 13.5. The second-order valence-corrected chi connectivity index (χ2v) is 11.7. The van der Waals surface area contributed by atoms with Crippen molar-refractivity contribution in [3.05, 3.63) is 123 Å². The Morgan fingerprint density at radius 2 is 1.55 bits per heavy atom. The lowest BCUT2D eigenvalue weighted by atomic mass is 9.74. The van der Waals surface area contributed by atoms with Crippen molar-refractivity contribution in [3.63, 3.8) is 0 Å². The van der Waals surface area contributed by atoms with E-state index in [1.165, 1.54) is 38.9 Å². The van der Waals surface area contributed by atoms with E-state index in [0.29, 0.717) is 11.8 Å². The van der Waals surface area contributed by atoms with Crippen LogP contribution in [-0.4, -0.2) is 6.72 Å². The first kappa shape index (κ1) is 31.1. The van der Waals surface area contributed by atoms with E-state index in [1.54, 1.807) is 0 Å². The molecule has 0 saturated carbocycles. The van der Waals surface area contributed by atoms with Gasteiger partial charge in [-0.1, -0.05) is 114 Å². The average molecular weight is 532 g/mol. The Hall–Kier alpha value is -3.45. The van der Waals surface area contributed by atoms with Gasteiger partial charge in [-0.3, -0.25) is 4.99 Å². The zero-order chi connectivity index (χ0) is 29.3. The number of rotatable bonds is 12. The number of allylic oxidation sites excluding steroid dienone is 3. The molecule has 0 amide bonds. The molecule has 0 aromatic heterocycles. The van der Waals surface area contributed by atoms with E-state index in [9.17, 15) is 0 Å². The zero-order valence-electron chi connectivity index (χ0n) is 26.1. The summed E-state index contributed by atoms with van der Waals surface area (Å²) in [5, 5.41) is 0. The molecular weight excluding hydrogens is 482 g/mol. The SMILES string of the molecule is C=N/C(=C\C=C/C(CC)c1cccc(/C=C/c2ccc(C(C)C)cc2)c1)c1cc(C)c(C)c(C(C)(CC)CC)c1. The van der Waals surface area contributed by atoms with Crippen LogP contribution >= 0.6 is 0 Å². The predicted molar refractivity (Wildman–Crippen MR) is 179 cm³/mol. The standard InChI is InChI=1S/C39H49N/c1-10-33(35-17-13-15-32(26-35)20-19-31-21-23-34(24-22-31)28(4)5)16-14-18-38(40-9)36-25-29(6)30(7)37(27-36)39(8,11-2)12-3/h13-28,33H,9-12H2,1-8H3/b16-14-,20-19+,38-18-. The summed E-state index contributed by atoms with van der Waals surface area (Å²) in [6.07, 6.45) is 14.2. The molecule has 1 nitrogen and oxygen atoms in total. The Morgan fingerprint density at radius 1 is 0.875 bits per heavy atom. The third-order valence-corrected chi connectivity index (χ3v) is 8.79. The Morgan fingerprint density at radius 3 is 2.15 bits per heavy atom. The summed E-state index contributed by atoms with van der Waals surface area (Å²) in [6.45, 7) is 22.0. The number of nitrogens with zero attached hydrogens (tertiary/aromatic N) is 1. The molecule has 0 aliphatic rings. The van der Waals surface area contributed by atoms with Crippen molar-refractivity contribution < 1.29 is 0 Å². The van der Waals surface area contributed by atoms with E-state index >= 15 is 0 Å². The van der Waals surface area contributed by atoms with Gasteiger partial charge in [-0.05, 0) is 108 Å². The molecule has 40 heavy (non-hydrogen) atoms. The molecule has 0 aliphatic carbocycles. The summed E-state index contributed by atoms with van der Waals surface area (Å²) in [5.74, 6) is 0.887. The van der Waals surface area contributed by atoms with Crippen molar-refractivity contribution in [2.24, 2.45) is 4.99 Å². The quantitative estimate of drug-likeness (QED) is 0.125. The van der Waals surface area contributed by atoms with Crippen LogP contribution in [-0.2, 0) is 5.41 Å². The van der Waals surface area contributed by atoms with Gasteiger partial charge in [0.05, 0.1) is 5.70 Å². The summed E-state index contributed by atoms with van der Waals surface area (Å²) in [7, 11) is 0. The second kappa shape index (κ2) is 14.3. The lowest BCUT2D eigenvalue weighted by Gasteiger charge is -2.30. The molecule has 0 aliphatic heterocycles. The van der Waals surface area contributed by atoms with Crippen LogP contribution in [0.25, 0.3) is 17.8 Å². The summed E-state index contributed by atoms with van der Waals surface area (Å²) >= 11 is 0. The Bertz CT molecular complexity index is 1360. The minimum Gasteiger partial charge on any atom is -0.264 e. The molecule has 0 fully saturated rings. The van der Waals surface area contributed by atoms with Gasteiger partial charge in [0.2, 0.25) is 0 Å². The van der Waals surface area contributed by atoms with Crippen LogP contribution in [0.2, 0.25) is 0 Å². The lowest BCUT2D eigenvalue weighted by molar-refractivity contribution is 0.436. The highest BCUT2D eigenvalue weighted by atomic mass is 14.7. The number of hydrogen-bond donors (Lipinski definition) is 0. The van der Waals surface area contributed by atoms with E-state index in [0.717, 1.165) is 30.5 Å². The highest BCUT2D eigenvalue weighted by Gasteiger charge is 2.25. The number of aryl methyl sites for hydroxylation is 1. The first-order chi connectivity index (χ1) is 19.1. The van der Waals surface area contributed by atoms with Crippen molar-refractivity contribution in [3.8, 4) is 0 Å². The van der Waals surface area contributed by atoms with Crippen LogP contribution in [0.3, 0.4) is 0 Å². The maximum Gasteiger partial charge on any atom is 0.0694 e. The van der Waals surface area contributed by atoms with Crippen LogP contribution in [0, 0.1) is 13.8 Å². The number of benzene rings is 3. The number of aliphatic imine (C=N–C) groups is 1. The maximum absolute atomic E-state index is 4.43. The van der Waals surface area contributed by atoms with Crippen LogP contribution in [0.4, 0.5) is 0 Å². The molecular formula is C39H49N. The Labute approximate surface area is 244 Å². The molecule has 3 rings (SSSR count). The van der Waals surface area contributed by atoms with E-state index in [-0.39, 0.29) is 5.41 Å². The molecule has 210 valence electrons. The first-order valence-corrected chi connectivity index (χ1v) is 15.0. The van der Waals surface area contributed by atoms with Gasteiger partial charge in [0.25, 0.3) is 0 Å². The second-order valence-electron chi connectivity index (χ2n) is 11.7. The van der Waals surface area contributed by atoms with Crippen molar-refractivity contribution in [2.75, 3.05) is 0 Å². The molecule has 0 heterocycles. The minimum absolute atomic E-state index is 0.164. The van der Waals surface area contributed by atoms with Gasteiger partial charge in [-0.15, -0.1) is 0 Å². The van der Waals surface area contributed by atoms with E-state index in [4.69, 9.17) is 0 Å². The maximum atomic E-state index is 4.43. The molecule has 1 atom stereocenters. The zero-order valence-corrected chi connectivity index (χ0v) is 26.1. The molecule has 3 aromatic carbocycles. The molecule has 0 saturated heterocycles. The first-order valence-electron chi connectivity index (χ1n) is 15.0. The summed E-state index contributed by atoms with van der Waals surface area (Å²) in [4.78, 5) is 4.43. The third kappa shape index (κ3) is 7.60. The Balaban J connectivity index is 1.83. The van der Waals surface area contributed by atoms with Crippen molar-refractivity contribution in [1.82, 2.24) is 0 Å². The lowest BCUT2D eigenvalue weighted by Crippen LogP contribution is -2.21. The average Bonchev–Trinajstić information content (AvgIpc) is 2.97. The number of hydrogen-bond acceptors (Lipinski definition) is 1. The van der Waals surface area contributed by atoms with Crippen molar-refractivity contribution in [1.29, 1.82) is 0 Å². The minimum atomic E-state index is 0.164. The van der Waals surface area contributed by atoms with Gasteiger partial charge in [0.1, 0.15) is 0 Å². The molecule has 0 radical (unpaired) electrons. The Kier molecular flexibility index (Phi) is 11.1. The third-order valence-electron chi connectivity index (χ3n) is 8.79. The van der Waals surface area contributed by atoms with Crippen molar-refractivity contribution in [2.45, 2.75) is 91.9 Å². The molecule has 1 unspecified atom stereocenters. The van der Waals surface area contributed by atoms with Gasteiger partial charge < -0.3 is 0 Å². The summed E-state index contributed by atoms with van der Waals surface area (Å²) < 4.78 is 0. The van der Waals surface area contributed by atoms with Crippen LogP contribution in [0.1, 0.15) is 117 Å². The van der Waals surface area contributed by atoms with Crippen LogP contribution in [0.15, 0.2) is 83.9 Å². The van der Waals surface area contributed by atoms with E-state index in [2.05, 4.69) is 158 Å². The summed E-state index contributed by atoms with van der Waals surface area (Å²) in [6, 6.07) is 22.3. The molecule has 3 aromatic rings. The molecule has 1 heteroatoms. The van der Waals surface area contributed by atoms with Gasteiger partial charge in [0.15, 0.2) is 0 Å². The van der Waals surface area contributed by atoms with Gasteiger partial charge >= 0.3 is 0 Å². The smallest absolute Gasteiger partial charge is 0.0694 e. The van der Waals surface area contributed by atoms with Gasteiger partial charge in [-0.25, -0.2) is 0 Å². The largest absolute Gasteiger partial charge is 0.264 e. The summed E-state index contributed by atoms with van der Waals surface area (Å²) in [5.41, 5.74) is 11.5. The van der Waals surface area contributed by atoms with E-state index in [1.807, 2.05) is 0 Å². The highest BCUT2D eigenvalue weighted by Crippen LogP contribution is 2.36. The van der Waals surface area contributed by atoms with E-state index < -0.39 is 0 Å². The van der Waals surface area contributed by atoms with Gasteiger partial charge in [-0.2, -0.15) is 0 Å². The van der Waals surface area contributed by atoms with Crippen molar-refractivity contribution >= 4 is 24.6 Å². The predicted octanol–water partition coefficient (Wildman–Crippen LogP) is 11.5. The fourth-order valence-corrected chi connectivity index (χ4v) is 5.35. The fourth-order valence-electron chi connectivity index (χ4n) is 5.35. The topological polar surface area (TPSA) is 12.4 Å². The van der Waals surface area contributed by atoms with Crippen LogP contribution < -0.4 is 0 Å². The molecule has 0 bridgehead atoms. The highest BCUT2D eigenvalue weighted by molar-refractivity contribution is 5.72. The van der Waals surface area contributed by atoms with Gasteiger partial charge in [0, 0.05) is 11.5 Å². The monoisotopic (exact) mass is 531 g/mol. The molecule has 0 N–H and O–H groups in total. The van der Waals surface area contributed by atoms with Crippen LogP contribution in [0.5, 0.6) is 0 Å².